The van der Waals surface area contributed by atoms with Crippen LogP contribution in [0, 0.1) is 0 Å². The standard InChI is InChI=1S/C12H15NO/c1-14-11-4-2-9(3-5-11)12-6-10(7-12)13-8-12/h2-5,10,13H,6-8H2,1H3. The summed E-state index contributed by atoms with van der Waals surface area (Å²) in [6, 6.07) is 9.34. The van der Waals surface area contributed by atoms with Crippen LogP contribution >= 0.6 is 0 Å². The van der Waals surface area contributed by atoms with E-state index in [0.29, 0.717) is 5.41 Å². The first-order valence-electron chi connectivity index (χ1n) is 5.20. The molecule has 1 saturated carbocycles. The van der Waals surface area contributed by atoms with E-state index in [1.165, 1.54) is 18.4 Å². The lowest BCUT2D eigenvalue weighted by molar-refractivity contribution is 0.304. The highest BCUT2D eigenvalue weighted by Crippen LogP contribution is 2.48. The van der Waals surface area contributed by atoms with Gasteiger partial charge in [-0.05, 0) is 30.5 Å². The average Bonchev–Trinajstić information content (AvgIpc) is 2.77. The maximum Gasteiger partial charge on any atom is 0.118 e. The third kappa shape index (κ3) is 1.01. The molecule has 2 aliphatic heterocycles. The molecule has 1 aromatic carbocycles. The lowest BCUT2D eigenvalue weighted by Crippen LogP contribution is -2.37. The van der Waals surface area contributed by atoms with Crippen LogP contribution in [0.3, 0.4) is 0 Å². The van der Waals surface area contributed by atoms with Gasteiger partial charge in [-0.25, -0.2) is 0 Å². The molecule has 2 nitrogen and oxygen atoms in total. The van der Waals surface area contributed by atoms with Gasteiger partial charge in [-0.1, -0.05) is 12.1 Å². The van der Waals surface area contributed by atoms with Crippen LogP contribution in [0.5, 0.6) is 5.75 Å². The second-order valence-corrected chi connectivity index (χ2v) is 4.49. The summed E-state index contributed by atoms with van der Waals surface area (Å²) < 4.78 is 5.16. The van der Waals surface area contributed by atoms with Gasteiger partial charge in [-0.2, -0.15) is 0 Å². The molecule has 3 aliphatic rings. The highest BCUT2D eigenvalue weighted by molar-refractivity contribution is 5.37. The Morgan fingerprint density at radius 1 is 1.29 bits per heavy atom. The van der Waals surface area contributed by atoms with E-state index in [1.54, 1.807) is 7.11 Å². The van der Waals surface area contributed by atoms with Gasteiger partial charge in [0.05, 0.1) is 7.11 Å². The second kappa shape index (κ2) is 2.74. The Kier molecular flexibility index (Phi) is 1.62. The van der Waals surface area contributed by atoms with Gasteiger partial charge in [-0.15, -0.1) is 0 Å². The summed E-state index contributed by atoms with van der Waals surface area (Å²) in [4.78, 5) is 0. The molecule has 0 aromatic heterocycles. The normalized spacial score (nSPS) is 33.9. The van der Waals surface area contributed by atoms with Crippen molar-refractivity contribution in [1.29, 1.82) is 0 Å². The third-order valence-electron chi connectivity index (χ3n) is 3.71. The van der Waals surface area contributed by atoms with Crippen molar-refractivity contribution >= 4 is 0 Å². The molecule has 1 aromatic rings. The number of hydrogen-bond acceptors (Lipinski definition) is 2. The van der Waals surface area contributed by atoms with Gasteiger partial charge in [0.25, 0.3) is 0 Å². The van der Waals surface area contributed by atoms with Gasteiger partial charge in [-0.3, -0.25) is 0 Å². The second-order valence-electron chi connectivity index (χ2n) is 4.49. The number of methoxy groups -OCH3 is 1. The molecule has 2 heteroatoms. The molecule has 14 heavy (non-hydrogen) atoms. The van der Waals surface area contributed by atoms with Crippen molar-refractivity contribution in [1.82, 2.24) is 5.32 Å². The zero-order valence-corrected chi connectivity index (χ0v) is 8.42. The van der Waals surface area contributed by atoms with Crippen LogP contribution in [0.2, 0.25) is 0 Å². The van der Waals surface area contributed by atoms with Gasteiger partial charge in [0.1, 0.15) is 5.75 Å². The van der Waals surface area contributed by atoms with Crippen LogP contribution in [-0.4, -0.2) is 19.7 Å². The smallest absolute Gasteiger partial charge is 0.118 e. The zero-order valence-electron chi connectivity index (χ0n) is 8.42. The summed E-state index contributed by atoms with van der Waals surface area (Å²) in [6.45, 7) is 1.16. The molecule has 4 rings (SSSR count). The van der Waals surface area contributed by atoms with E-state index in [9.17, 15) is 0 Å². The van der Waals surface area contributed by atoms with Gasteiger partial charge >= 0.3 is 0 Å². The lowest BCUT2D eigenvalue weighted by atomic mass is 9.66. The van der Waals surface area contributed by atoms with E-state index in [4.69, 9.17) is 4.74 Å². The summed E-state index contributed by atoms with van der Waals surface area (Å²) in [5.74, 6) is 0.951. The Bertz CT molecular complexity index is 332. The molecule has 74 valence electrons. The van der Waals surface area contributed by atoms with Crippen LogP contribution in [0.25, 0.3) is 0 Å². The molecule has 2 heterocycles. The van der Waals surface area contributed by atoms with E-state index in [2.05, 4.69) is 29.6 Å². The van der Waals surface area contributed by atoms with Gasteiger partial charge in [0.2, 0.25) is 0 Å². The minimum atomic E-state index is 0.455. The Hall–Kier alpha value is -1.02. The van der Waals surface area contributed by atoms with Gasteiger partial charge < -0.3 is 10.1 Å². The molecular formula is C12H15NO. The summed E-state index contributed by atoms with van der Waals surface area (Å²) in [5, 5.41) is 3.53. The van der Waals surface area contributed by atoms with Crippen molar-refractivity contribution in [3.63, 3.8) is 0 Å². The first-order valence-corrected chi connectivity index (χ1v) is 5.20. The van der Waals surface area contributed by atoms with Crippen LogP contribution in [0.1, 0.15) is 18.4 Å². The van der Waals surface area contributed by atoms with Crippen molar-refractivity contribution in [2.75, 3.05) is 13.7 Å². The van der Waals surface area contributed by atoms with Crippen molar-refractivity contribution in [3.8, 4) is 5.75 Å². The van der Waals surface area contributed by atoms with E-state index in [1.807, 2.05) is 0 Å². The number of nitrogens with one attached hydrogen (secondary N) is 1. The third-order valence-corrected chi connectivity index (χ3v) is 3.71. The molecule has 2 saturated heterocycles. The molecular weight excluding hydrogens is 174 g/mol. The monoisotopic (exact) mass is 189 g/mol. The van der Waals surface area contributed by atoms with E-state index < -0.39 is 0 Å². The first-order chi connectivity index (χ1) is 6.82. The molecule has 0 atom stereocenters. The predicted octanol–water partition coefficient (Wildman–Crippen LogP) is 1.70. The van der Waals surface area contributed by atoms with Crippen molar-refractivity contribution in [3.05, 3.63) is 29.8 Å². The van der Waals surface area contributed by atoms with E-state index >= 15 is 0 Å². The molecule has 0 spiro atoms. The van der Waals surface area contributed by atoms with Crippen molar-refractivity contribution in [2.24, 2.45) is 0 Å². The number of benzene rings is 1. The number of ether oxygens (including phenoxy) is 1. The van der Waals surface area contributed by atoms with Crippen LogP contribution in [0.4, 0.5) is 0 Å². The van der Waals surface area contributed by atoms with Crippen LogP contribution in [0.15, 0.2) is 24.3 Å². The fourth-order valence-electron chi connectivity index (χ4n) is 2.79. The fourth-order valence-corrected chi connectivity index (χ4v) is 2.79. The highest BCUT2D eigenvalue weighted by Gasteiger charge is 2.51. The zero-order chi connectivity index (χ0) is 9.60. The largest absolute Gasteiger partial charge is 0.497 e. The van der Waals surface area contributed by atoms with Gasteiger partial charge in [0.15, 0.2) is 0 Å². The Labute approximate surface area is 84.3 Å². The van der Waals surface area contributed by atoms with E-state index in [-0.39, 0.29) is 0 Å². The average molecular weight is 189 g/mol. The minimum Gasteiger partial charge on any atom is -0.497 e. The topological polar surface area (TPSA) is 21.3 Å². The van der Waals surface area contributed by atoms with Gasteiger partial charge in [0, 0.05) is 18.0 Å². The summed E-state index contributed by atoms with van der Waals surface area (Å²) in [7, 11) is 1.71. The molecule has 1 aliphatic carbocycles. The summed E-state index contributed by atoms with van der Waals surface area (Å²) in [6.07, 6.45) is 2.64. The van der Waals surface area contributed by atoms with Crippen LogP contribution < -0.4 is 10.1 Å². The van der Waals surface area contributed by atoms with E-state index in [0.717, 1.165) is 18.3 Å². The van der Waals surface area contributed by atoms with Crippen LogP contribution in [-0.2, 0) is 5.41 Å². The van der Waals surface area contributed by atoms with Crippen molar-refractivity contribution < 1.29 is 4.74 Å². The lowest BCUT2D eigenvalue weighted by Gasteiger charge is -2.37. The maximum atomic E-state index is 5.16. The molecule has 3 fully saturated rings. The Morgan fingerprint density at radius 3 is 2.50 bits per heavy atom. The molecule has 0 unspecified atom stereocenters. The fraction of sp³-hybridized carbons (Fsp3) is 0.500. The summed E-state index contributed by atoms with van der Waals surface area (Å²) in [5.41, 5.74) is 1.93. The molecule has 0 radical (unpaired) electrons. The maximum absolute atomic E-state index is 5.16. The molecule has 1 N–H and O–H groups in total. The highest BCUT2D eigenvalue weighted by atomic mass is 16.5. The molecule has 2 bridgehead atoms. The number of rotatable bonds is 2. The molecule has 0 amide bonds. The first kappa shape index (κ1) is 8.30. The number of hydrogen-bond donors (Lipinski definition) is 1. The quantitative estimate of drug-likeness (QED) is 0.764. The minimum absolute atomic E-state index is 0.455. The SMILES string of the molecule is COc1ccc(C23CNC(C2)C3)cc1. The Morgan fingerprint density at radius 2 is 2.00 bits per heavy atom. The van der Waals surface area contributed by atoms with Crippen molar-refractivity contribution in [2.45, 2.75) is 24.3 Å². The summed E-state index contributed by atoms with van der Waals surface area (Å²) >= 11 is 0. The predicted molar refractivity (Wildman–Crippen MR) is 55.7 cm³/mol. The Balaban J connectivity index is 1.90. The number of fused-ring (bicyclic) bond motifs is 1.